The van der Waals surface area contributed by atoms with E-state index in [-0.39, 0.29) is 6.04 Å². The monoisotopic (exact) mass is 276 g/mol. The Morgan fingerprint density at radius 1 is 1.53 bits per heavy atom. The molecule has 2 atom stereocenters. The maximum atomic E-state index is 12.4. The summed E-state index contributed by atoms with van der Waals surface area (Å²) < 4.78 is 26.3. The van der Waals surface area contributed by atoms with Crippen molar-refractivity contribution in [2.24, 2.45) is 5.92 Å². The third-order valence-corrected chi connectivity index (χ3v) is 5.44. The van der Waals surface area contributed by atoms with E-state index in [4.69, 9.17) is 11.6 Å². The molecule has 1 aliphatic rings. The largest absolute Gasteiger partial charge is 0.363 e. The molecule has 4 nitrogen and oxygen atoms in total. The summed E-state index contributed by atoms with van der Waals surface area (Å²) in [6, 6.07) is 1.68. The van der Waals surface area contributed by atoms with Crippen LogP contribution in [-0.4, -0.2) is 30.3 Å². The Bertz CT molecular complexity index is 497. The van der Waals surface area contributed by atoms with Crippen molar-refractivity contribution in [2.45, 2.75) is 37.1 Å². The number of rotatable bonds is 3. The van der Waals surface area contributed by atoms with Crippen LogP contribution < -0.4 is 0 Å². The Morgan fingerprint density at radius 3 is 2.71 bits per heavy atom. The highest BCUT2D eigenvalue weighted by molar-refractivity contribution is 7.89. The number of aromatic nitrogens is 1. The van der Waals surface area contributed by atoms with Crippen molar-refractivity contribution >= 4 is 21.6 Å². The van der Waals surface area contributed by atoms with E-state index in [1.54, 1.807) is 10.4 Å². The van der Waals surface area contributed by atoms with Crippen LogP contribution in [0.25, 0.3) is 0 Å². The zero-order valence-electron chi connectivity index (χ0n) is 9.98. The zero-order valence-corrected chi connectivity index (χ0v) is 11.6. The fourth-order valence-corrected chi connectivity index (χ4v) is 4.31. The first kappa shape index (κ1) is 12.9. The summed E-state index contributed by atoms with van der Waals surface area (Å²) >= 11 is 5.66. The summed E-state index contributed by atoms with van der Waals surface area (Å²) in [7, 11) is -3.37. The third-order valence-electron chi connectivity index (χ3n) is 3.19. The van der Waals surface area contributed by atoms with Crippen molar-refractivity contribution in [1.82, 2.24) is 9.29 Å². The third kappa shape index (κ3) is 2.37. The molecule has 0 aliphatic carbocycles. The van der Waals surface area contributed by atoms with Crippen LogP contribution >= 0.6 is 11.6 Å². The summed E-state index contributed by atoms with van der Waals surface area (Å²) in [5.74, 6) is 0.716. The Labute approximate surface area is 107 Å². The fraction of sp³-hybridized carbons (Fsp3) is 0.636. The molecule has 96 valence electrons. The number of sulfonamides is 1. The predicted octanol–water partition coefficient (Wildman–Crippen LogP) is 2.17. The van der Waals surface area contributed by atoms with E-state index >= 15 is 0 Å². The molecule has 1 aromatic rings. The molecule has 2 rings (SSSR count). The Morgan fingerprint density at radius 2 is 2.24 bits per heavy atom. The smallest absolute Gasteiger partial charge is 0.244 e. The molecule has 0 saturated carbocycles. The van der Waals surface area contributed by atoms with Crippen molar-refractivity contribution in [3.63, 3.8) is 0 Å². The topological polar surface area (TPSA) is 53.2 Å². The summed E-state index contributed by atoms with van der Waals surface area (Å²) in [5.41, 5.74) is 0.727. The average molecular weight is 277 g/mol. The van der Waals surface area contributed by atoms with Crippen LogP contribution in [0.1, 0.15) is 26.0 Å². The second kappa shape index (κ2) is 4.63. The van der Waals surface area contributed by atoms with E-state index in [0.29, 0.717) is 23.2 Å². The van der Waals surface area contributed by atoms with Gasteiger partial charge in [-0.25, -0.2) is 8.42 Å². The van der Waals surface area contributed by atoms with Gasteiger partial charge in [0.05, 0.1) is 10.8 Å². The van der Waals surface area contributed by atoms with Crippen LogP contribution in [0.5, 0.6) is 0 Å². The lowest BCUT2D eigenvalue weighted by atomic mass is 10.1. The summed E-state index contributed by atoms with van der Waals surface area (Å²) in [5, 5.41) is 0. The van der Waals surface area contributed by atoms with E-state index in [2.05, 4.69) is 11.9 Å². The minimum absolute atomic E-state index is 0.0735. The van der Waals surface area contributed by atoms with Gasteiger partial charge in [0.1, 0.15) is 0 Å². The van der Waals surface area contributed by atoms with E-state index in [1.807, 2.05) is 6.92 Å². The summed E-state index contributed by atoms with van der Waals surface area (Å²) in [6.45, 7) is 4.63. The molecule has 1 fully saturated rings. The van der Waals surface area contributed by atoms with Crippen molar-refractivity contribution in [2.75, 3.05) is 6.54 Å². The maximum Gasteiger partial charge on any atom is 0.244 e. The lowest BCUT2D eigenvalue weighted by Gasteiger charge is -2.19. The number of hydrogen-bond acceptors (Lipinski definition) is 2. The number of halogens is 1. The molecular weight excluding hydrogens is 260 g/mol. The van der Waals surface area contributed by atoms with Gasteiger partial charge < -0.3 is 4.98 Å². The van der Waals surface area contributed by atoms with Crippen molar-refractivity contribution in [1.29, 1.82) is 0 Å². The van der Waals surface area contributed by atoms with Gasteiger partial charge in [0.2, 0.25) is 10.0 Å². The van der Waals surface area contributed by atoms with Gasteiger partial charge in [0, 0.05) is 24.5 Å². The highest BCUT2D eigenvalue weighted by Crippen LogP contribution is 2.29. The van der Waals surface area contributed by atoms with Gasteiger partial charge in [-0.1, -0.05) is 6.92 Å². The molecule has 0 aromatic carbocycles. The number of alkyl halides is 1. The number of H-pyrrole nitrogens is 1. The Hall–Kier alpha value is -0.520. The Balaban J connectivity index is 2.30. The molecule has 17 heavy (non-hydrogen) atoms. The summed E-state index contributed by atoms with van der Waals surface area (Å²) in [6.07, 6.45) is 2.44. The molecule has 0 spiro atoms. The molecular formula is C11H17ClN2O2S. The number of nitrogens with one attached hydrogen (secondary N) is 1. The molecule has 0 bridgehead atoms. The van der Waals surface area contributed by atoms with Gasteiger partial charge >= 0.3 is 0 Å². The van der Waals surface area contributed by atoms with Gasteiger partial charge in [-0.05, 0) is 25.3 Å². The molecule has 6 heteroatoms. The standard InChI is InChI=1S/C11H17ClN2O2S/c1-8-3-9(2)14(7-8)17(15,16)11-4-10(5-12)13-6-11/h4,6,8-9,13H,3,5,7H2,1-2H3. The van der Waals surface area contributed by atoms with Crippen LogP contribution in [0, 0.1) is 5.92 Å². The van der Waals surface area contributed by atoms with Crippen molar-refractivity contribution in [3.8, 4) is 0 Å². The minimum atomic E-state index is -3.37. The molecule has 0 radical (unpaired) electrons. The minimum Gasteiger partial charge on any atom is -0.363 e. The van der Waals surface area contributed by atoms with E-state index in [9.17, 15) is 8.42 Å². The molecule has 1 saturated heterocycles. The van der Waals surface area contributed by atoms with Crippen LogP contribution in [0.2, 0.25) is 0 Å². The molecule has 1 aromatic heterocycles. The average Bonchev–Trinajstić information content (AvgIpc) is 2.85. The molecule has 0 amide bonds. The quantitative estimate of drug-likeness (QED) is 0.861. The lowest BCUT2D eigenvalue weighted by Crippen LogP contribution is -2.33. The van der Waals surface area contributed by atoms with E-state index in [0.717, 1.165) is 12.1 Å². The lowest BCUT2D eigenvalue weighted by molar-refractivity contribution is 0.405. The van der Waals surface area contributed by atoms with Crippen molar-refractivity contribution < 1.29 is 8.42 Å². The first-order chi connectivity index (χ1) is 7.95. The summed E-state index contributed by atoms with van der Waals surface area (Å²) in [4.78, 5) is 3.19. The highest BCUT2D eigenvalue weighted by Gasteiger charge is 2.36. The van der Waals surface area contributed by atoms with Gasteiger partial charge in [0.25, 0.3) is 0 Å². The second-order valence-electron chi connectivity index (χ2n) is 4.76. The maximum absolute atomic E-state index is 12.4. The molecule has 2 unspecified atom stereocenters. The predicted molar refractivity (Wildman–Crippen MR) is 67.5 cm³/mol. The van der Waals surface area contributed by atoms with Crippen LogP contribution in [0.4, 0.5) is 0 Å². The fourth-order valence-electron chi connectivity index (χ4n) is 2.38. The molecule has 2 heterocycles. The van der Waals surface area contributed by atoms with Crippen molar-refractivity contribution in [3.05, 3.63) is 18.0 Å². The van der Waals surface area contributed by atoms with E-state index < -0.39 is 10.0 Å². The van der Waals surface area contributed by atoms with Crippen LogP contribution in [0.15, 0.2) is 17.2 Å². The Kier molecular flexibility index (Phi) is 3.52. The highest BCUT2D eigenvalue weighted by atomic mass is 35.5. The molecule has 1 aliphatic heterocycles. The van der Waals surface area contributed by atoms with Gasteiger partial charge in [0.15, 0.2) is 0 Å². The molecule has 1 N–H and O–H groups in total. The van der Waals surface area contributed by atoms with Crippen LogP contribution in [0.3, 0.4) is 0 Å². The number of hydrogen-bond donors (Lipinski definition) is 1. The first-order valence-electron chi connectivity index (χ1n) is 5.70. The van der Waals surface area contributed by atoms with Gasteiger partial charge in [-0.3, -0.25) is 0 Å². The van der Waals surface area contributed by atoms with E-state index in [1.165, 1.54) is 6.20 Å². The zero-order chi connectivity index (χ0) is 12.6. The number of nitrogens with zero attached hydrogens (tertiary/aromatic N) is 1. The van der Waals surface area contributed by atoms with Gasteiger partial charge in [-0.15, -0.1) is 11.6 Å². The first-order valence-corrected chi connectivity index (χ1v) is 7.67. The van der Waals surface area contributed by atoms with Crippen LogP contribution in [-0.2, 0) is 15.9 Å². The number of aromatic amines is 1. The normalized spacial score (nSPS) is 26.5. The SMILES string of the molecule is CC1CC(C)N(S(=O)(=O)c2c[nH]c(CCl)c2)C1. The second-order valence-corrected chi connectivity index (χ2v) is 6.92. The van der Waals surface area contributed by atoms with Gasteiger partial charge in [-0.2, -0.15) is 4.31 Å².